The first-order valence-electron chi connectivity index (χ1n) is 9.33. The fourth-order valence-corrected chi connectivity index (χ4v) is 3.69. The number of hydrogen-bond donors (Lipinski definition) is 1. The Balaban J connectivity index is 1.69. The molecule has 0 atom stereocenters. The van der Waals surface area contributed by atoms with Crippen LogP contribution in [-0.4, -0.2) is 47.0 Å². The number of nitrogens with zero attached hydrogens (tertiary/aromatic N) is 4. The molecule has 1 aromatic heterocycles. The lowest BCUT2D eigenvalue weighted by molar-refractivity contribution is -0.137. The summed E-state index contributed by atoms with van der Waals surface area (Å²) in [6.45, 7) is 1.95. The predicted octanol–water partition coefficient (Wildman–Crippen LogP) is 4.14. The van der Waals surface area contributed by atoms with Gasteiger partial charge in [0.05, 0.1) is 35.7 Å². The molecule has 7 nitrogen and oxygen atoms in total. The van der Waals surface area contributed by atoms with Crippen LogP contribution >= 0.6 is 15.9 Å². The topological polar surface area (TPSA) is 72.3 Å². The molecule has 0 aliphatic carbocycles. The number of carbonyl (C=O) groups excluding carboxylic acids is 1. The standard InChI is InChI=1S/C20H17BrF3N5O2/c21-16-3-2-14(29-11-25-26-12-29)10-15(16)19(30)27-17-9-13(20(22,23)24)1-4-18(17)28-5-7-31-8-6-28/h1-4,9-12H,5-8H2,(H,27,30). The molecule has 1 fully saturated rings. The van der Waals surface area contributed by atoms with Crippen molar-refractivity contribution in [3.05, 3.63) is 64.7 Å². The molecule has 1 aliphatic rings. The Kier molecular flexibility index (Phi) is 5.96. The highest BCUT2D eigenvalue weighted by molar-refractivity contribution is 9.10. The van der Waals surface area contributed by atoms with Crippen molar-refractivity contribution >= 4 is 33.2 Å². The van der Waals surface area contributed by atoms with Crippen molar-refractivity contribution in [2.24, 2.45) is 0 Å². The van der Waals surface area contributed by atoms with Crippen LogP contribution in [0.15, 0.2) is 53.5 Å². The summed E-state index contributed by atoms with van der Waals surface area (Å²) in [5, 5.41) is 10.1. The highest BCUT2D eigenvalue weighted by atomic mass is 79.9. The first-order valence-corrected chi connectivity index (χ1v) is 10.1. The average Bonchev–Trinajstić information content (AvgIpc) is 3.29. The largest absolute Gasteiger partial charge is 0.416 e. The van der Waals surface area contributed by atoms with Crippen molar-refractivity contribution in [1.82, 2.24) is 14.8 Å². The SMILES string of the molecule is O=C(Nc1cc(C(F)(F)F)ccc1N1CCOCC1)c1cc(-n2cnnc2)ccc1Br. The molecule has 2 aromatic carbocycles. The molecule has 1 saturated heterocycles. The number of rotatable bonds is 4. The van der Waals surface area contributed by atoms with Gasteiger partial charge in [0.15, 0.2) is 0 Å². The summed E-state index contributed by atoms with van der Waals surface area (Å²) in [4.78, 5) is 14.9. The molecule has 0 bridgehead atoms. The lowest BCUT2D eigenvalue weighted by Crippen LogP contribution is -2.36. The molecular weight excluding hydrogens is 479 g/mol. The molecule has 0 radical (unpaired) electrons. The van der Waals surface area contributed by atoms with Crippen LogP contribution in [-0.2, 0) is 10.9 Å². The summed E-state index contributed by atoms with van der Waals surface area (Å²) in [6.07, 6.45) is -1.57. The molecule has 2 heterocycles. The van der Waals surface area contributed by atoms with E-state index >= 15 is 0 Å². The zero-order valence-electron chi connectivity index (χ0n) is 16.1. The monoisotopic (exact) mass is 495 g/mol. The number of carbonyl (C=O) groups is 1. The first-order chi connectivity index (χ1) is 14.8. The van der Waals surface area contributed by atoms with Crippen molar-refractivity contribution in [2.45, 2.75) is 6.18 Å². The fourth-order valence-electron chi connectivity index (χ4n) is 3.26. The molecule has 0 unspecified atom stereocenters. The molecule has 3 aromatic rings. The Labute approximate surface area is 184 Å². The van der Waals surface area contributed by atoms with E-state index in [1.807, 2.05) is 4.90 Å². The van der Waals surface area contributed by atoms with E-state index in [1.54, 1.807) is 22.8 Å². The Morgan fingerprint density at radius 2 is 1.77 bits per heavy atom. The third-order valence-electron chi connectivity index (χ3n) is 4.84. The minimum Gasteiger partial charge on any atom is -0.378 e. The van der Waals surface area contributed by atoms with E-state index in [-0.39, 0.29) is 11.3 Å². The van der Waals surface area contributed by atoms with E-state index in [1.165, 1.54) is 18.7 Å². The van der Waals surface area contributed by atoms with Gasteiger partial charge in [0, 0.05) is 23.2 Å². The molecule has 11 heteroatoms. The van der Waals surface area contributed by atoms with E-state index in [0.717, 1.165) is 12.1 Å². The zero-order chi connectivity index (χ0) is 22.0. The van der Waals surface area contributed by atoms with Gasteiger partial charge in [-0.05, 0) is 52.3 Å². The molecule has 31 heavy (non-hydrogen) atoms. The minimum atomic E-state index is -4.53. The number of amides is 1. The smallest absolute Gasteiger partial charge is 0.378 e. The maximum absolute atomic E-state index is 13.3. The van der Waals surface area contributed by atoms with Crippen LogP contribution in [0.25, 0.3) is 5.69 Å². The maximum atomic E-state index is 13.3. The summed E-state index contributed by atoms with van der Waals surface area (Å²) in [5.41, 5.74) is 0.656. The van der Waals surface area contributed by atoms with Gasteiger partial charge in [0.2, 0.25) is 0 Å². The number of ether oxygens (including phenoxy) is 1. The molecule has 0 spiro atoms. The van der Waals surface area contributed by atoms with Gasteiger partial charge in [-0.25, -0.2) is 0 Å². The maximum Gasteiger partial charge on any atom is 0.416 e. The second kappa shape index (κ2) is 8.67. The van der Waals surface area contributed by atoms with E-state index in [9.17, 15) is 18.0 Å². The zero-order valence-corrected chi connectivity index (χ0v) is 17.7. The van der Waals surface area contributed by atoms with Crippen molar-refractivity contribution in [2.75, 3.05) is 36.5 Å². The Bertz CT molecular complexity index is 1080. The number of halogens is 4. The van der Waals surface area contributed by atoms with E-state index in [0.29, 0.717) is 42.2 Å². The number of alkyl halides is 3. The van der Waals surface area contributed by atoms with Gasteiger partial charge in [-0.3, -0.25) is 9.36 Å². The Morgan fingerprint density at radius 3 is 2.45 bits per heavy atom. The highest BCUT2D eigenvalue weighted by Gasteiger charge is 2.32. The van der Waals surface area contributed by atoms with Crippen molar-refractivity contribution in [3.63, 3.8) is 0 Å². The van der Waals surface area contributed by atoms with Gasteiger partial charge in [0.1, 0.15) is 12.7 Å². The quantitative estimate of drug-likeness (QED) is 0.588. The van der Waals surface area contributed by atoms with Gasteiger partial charge in [-0.15, -0.1) is 10.2 Å². The molecule has 1 aliphatic heterocycles. The number of hydrogen-bond acceptors (Lipinski definition) is 5. The third-order valence-corrected chi connectivity index (χ3v) is 5.53. The fraction of sp³-hybridized carbons (Fsp3) is 0.250. The number of nitrogens with one attached hydrogen (secondary N) is 1. The predicted molar refractivity (Wildman–Crippen MR) is 111 cm³/mol. The van der Waals surface area contributed by atoms with E-state index in [2.05, 4.69) is 31.4 Å². The van der Waals surface area contributed by atoms with Crippen molar-refractivity contribution < 1.29 is 22.7 Å². The second-order valence-electron chi connectivity index (χ2n) is 6.82. The van der Waals surface area contributed by atoms with Gasteiger partial charge in [-0.1, -0.05) is 0 Å². The second-order valence-corrected chi connectivity index (χ2v) is 7.67. The van der Waals surface area contributed by atoms with Gasteiger partial charge in [-0.2, -0.15) is 13.2 Å². The number of anilines is 2. The van der Waals surface area contributed by atoms with Crippen LogP contribution in [0.4, 0.5) is 24.5 Å². The van der Waals surface area contributed by atoms with E-state index in [4.69, 9.17) is 4.74 Å². The number of morpholine rings is 1. The van der Waals surface area contributed by atoms with Crippen LogP contribution in [0.2, 0.25) is 0 Å². The lowest BCUT2D eigenvalue weighted by atomic mass is 10.1. The van der Waals surface area contributed by atoms with Crippen molar-refractivity contribution in [3.8, 4) is 5.69 Å². The third kappa shape index (κ3) is 4.72. The lowest BCUT2D eigenvalue weighted by Gasteiger charge is -2.31. The molecule has 1 amide bonds. The number of benzene rings is 2. The Hall–Kier alpha value is -2.92. The molecule has 1 N–H and O–H groups in total. The summed E-state index contributed by atoms with van der Waals surface area (Å²) in [6, 6.07) is 8.40. The van der Waals surface area contributed by atoms with Crippen LogP contribution in [0.3, 0.4) is 0 Å². The van der Waals surface area contributed by atoms with Crippen LogP contribution in [0.1, 0.15) is 15.9 Å². The molecule has 4 rings (SSSR count). The van der Waals surface area contributed by atoms with Crippen molar-refractivity contribution in [1.29, 1.82) is 0 Å². The van der Waals surface area contributed by atoms with Gasteiger partial charge < -0.3 is 15.0 Å². The molecule has 162 valence electrons. The highest BCUT2D eigenvalue weighted by Crippen LogP contribution is 2.36. The molecular formula is C20H17BrF3N5O2. The van der Waals surface area contributed by atoms with E-state index < -0.39 is 17.6 Å². The summed E-state index contributed by atoms with van der Waals surface area (Å²) in [5.74, 6) is -0.546. The van der Waals surface area contributed by atoms with Gasteiger partial charge in [0.25, 0.3) is 5.91 Å². The summed E-state index contributed by atoms with van der Waals surface area (Å²) in [7, 11) is 0. The van der Waals surface area contributed by atoms with Crippen LogP contribution < -0.4 is 10.2 Å². The van der Waals surface area contributed by atoms with Crippen LogP contribution in [0, 0.1) is 0 Å². The minimum absolute atomic E-state index is 0.0864. The van der Waals surface area contributed by atoms with Crippen LogP contribution in [0.5, 0.6) is 0 Å². The summed E-state index contributed by atoms with van der Waals surface area (Å²) >= 11 is 3.34. The molecule has 0 saturated carbocycles. The van der Waals surface area contributed by atoms with Gasteiger partial charge >= 0.3 is 6.18 Å². The average molecular weight is 496 g/mol. The normalized spacial score (nSPS) is 14.5. The Morgan fingerprint density at radius 1 is 1.06 bits per heavy atom. The number of aromatic nitrogens is 3. The first kappa shape index (κ1) is 21.3. The summed E-state index contributed by atoms with van der Waals surface area (Å²) < 4.78 is 47.4.